The SMILES string of the molecule is CC1CC(C)(C)CCC1N1CCCCC1CC(=O)O. The summed E-state index contributed by atoms with van der Waals surface area (Å²) < 4.78 is 0. The number of carboxylic acid groups (broad SMARTS) is 1. The molecule has 3 nitrogen and oxygen atoms in total. The second kappa shape index (κ2) is 5.82. The predicted octanol–water partition coefficient (Wildman–Crippen LogP) is 3.53. The summed E-state index contributed by atoms with van der Waals surface area (Å²) in [6.45, 7) is 8.20. The summed E-state index contributed by atoms with van der Waals surface area (Å²) in [4.78, 5) is 13.6. The monoisotopic (exact) mass is 267 g/mol. The third-order valence-electron chi connectivity index (χ3n) is 5.16. The molecule has 110 valence electrons. The van der Waals surface area contributed by atoms with Crippen molar-refractivity contribution < 1.29 is 9.90 Å². The first kappa shape index (κ1) is 14.8. The highest BCUT2D eigenvalue weighted by Gasteiger charge is 2.38. The van der Waals surface area contributed by atoms with Gasteiger partial charge in [-0.2, -0.15) is 0 Å². The average Bonchev–Trinajstić information content (AvgIpc) is 2.28. The Hall–Kier alpha value is -0.570. The Morgan fingerprint density at radius 1 is 1.32 bits per heavy atom. The van der Waals surface area contributed by atoms with E-state index in [1.165, 1.54) is 32.1 Å². The van der Waals surface area contributed by atoms with Crippen molar-refractivity contribution in [3.05, 3.63) is 0 Å². The first-order chi connectivity index (χ1) is 8.89. The molecule has 1 saturated carbocycles. The standard InChI is InChI=1S/C16H29NO2/c1-12-11-16(2,3)8-7-14(12)17-9-5-4-6-13(17)10-15(18)19/h12-14H,4-11H2,1-3H3,(H,18,19). The second-order valence-corrected chi connectivity index (χ2v) is 7.44. The third kappa shape index (κ3) is 3.71. The van der Waals surface area contributed by atoms with Crippen LogP contribution in [0.25, 0.3) is 0 Å². The maximum atomic E-state index is 11.1. The van der Waals surface area contributed by atoms with Crippen LogP contribution in [0.4, 0.5) is 0 Å². The van der Waals surface area contributed by atoms with Gasteiger partial charge in [0.15, 0.2) is 0 Å². The molecular weight excluding hydrogens is 238 g/mol. The fourth-order valence-electron chi connectivity index (χ4n) is 4.31. The first-order valence-electron chi connectivity index (χ1n) is 7.86. The number of carbonyl (C=O) groups is 1. The Labute approximate surface area is 117 Å². The van der Waals surface area contributed by atoms with Gasteiger partial charge in [-0.3, -0.25) is 9.69 Å². The summed E-state index contributed by atoms with van der Waals surface area (Å²) in [6.07, 6.45) is 7.62. The van der Waals surface area contributed by atoms with E-state index in [4.69, 9.17) is 5.11 Å². The fraction of sp³-hybridized carbons (Fsp3) is 0.938. The van der Waals surface area contributed by atoms with Crippen LogP contribution in [0.1, 0.15) is 65.7 Å². The Balaban J connectivity index is 2.03. The van der Waals surface area contributed by atoms with E-state index in [0.717, 1.165) is 13.0 Å². The number of nitrogens with zero attached hydrogens (tertiary/aromatic N) is 1. The average molecular weight is 267 g/mol. The normalized spacial score (nSPS) is 36.1. The molecule has 3 unspecified atom stereocenters. The van der Waals surface area contributed by atoms with Gasteiger partial charge < -0.3 is 5.11 Å². The van der Waals surface area contributed by atoms with E-state index in [9.17, 15) is 4.79 Å². The number of hydrogen-bond acceptors (Lipinski definition) is 2. The Morgan fingerprint density at radius 3 is 2.68 bits per heavy atom. The van der Waals surface area contributed by atoms with Gasteiger partial charge in [0, 0.05) is 12.1 Å². The highest BCUT2D eigenvalue weighted by molar-refractivity contribution is 5.67. The number of hydrogen-bond donors (Lipinski definition) is 1. The number of rotatable bonds is 3. The summed E-state index contributed by atoms with van der Waals surface area (Å²) in [5.74, 6) is 0.0545. The molecule has 1 saturated heterocycles. The zero-order chi connectivity index (χ0) is 14.0. The van der Waals surface area contributed by atoms with Crippen LogP contribution in [-0.4, -0.2) is 34.6 Å². The van der Waals surface area contributed by atoms with Crippen molar-refractivity contribution in [1.29, 1.82) is 0 Å². The van der Waals surface area contributed by atoms with Crippen molar-refractivity contribution >= 4 is 5.97 Å². The van der Waals surface area contributed by atoms with Gasteiger partial charge in [-0.1, -0.05) is 27.2 Å². The lowest BCUT2D eigenvalue weighted by Gasteiger charge is -2.48. The first-order valence-corrected chi connectivity index (χ1v) is 7.86. The van der Waals surface area contributed by atoms with Gasteiger partial charge in [-0.25, -0.2) is 0 Å². The predicted molar refractivity (Wildman–Crippen MR) is 77.2 cm³/mol. The molecule has 0 amide bonds. The number of piperidine rings is 1. The summed E-state index contributed by atoms with van der Waals surface area (Å²) in [6, 6.07) is 0.887. The summed E-state index contributed by atoms with van der Waals surface area (Å²) in [5, 5.41) is 9.10. The molecule has 0 radical (unpaired) electrons. The molecule has 0 aromatic rings. The number of likely N-dealkylation sites (tertiary alicyclic amines) is 1. The highest BCUT2D eigenvalue weighted by Crippen LogP contribution is 2.42. The van der Waals surface area contributed by atoms with Crippen molar-refractivity contribution in [1.82, 2.24) is 4.90 Å². The molecule has 2 fully saturated rings. The van der Waals surface area contributed by atoms with E-state index in [2.05, 4.69) is 25.7 Å². The van der Waals surface area contributed by atoms with E-state index in [1.54, 1.807) is 0 Å². The maximum Gasteiger partial charge on any atom is 0.304 e. The van der Waals surface area contributed by atoms with E-state index in [-0.39, 0.29) is 6.04 Å². The molecule has 2 aliphatic rings. The largest absolute Gasteiger partial charge is 0.481 e. The molecule has 0 aromatic carbocycles. The molecule has 0 bridgehead atoms. The topological polar surface area (TPSA) is 40.5 Å². The molecule has 1 aliphatic carbocycles. The molecular formula is C16H29NO2. The van der Waals surface area contributed by atoms with Crippen LogP contribution in [0.3, 0.4) is 0 Å². The zero-order valence-corrected chi connectivity index (χ0v) is 12.7. The minimum atomic E-state index is -0.638. The zero-order valence-electron chi connectivity index (χ0n) is 12.7. The fourth-order valence-corrected chi connectivity index (χ4v) is 4.31. The van der Waals surface area contributed by atoms with Crippen LogP contribution in [0.5, 0.6) is 0 Å². The van der Waals surface area contributed by atoms with Crippen LogP contribution in [0, 0.1) is 11.3 Å². The molecule has 0 aromatic heterocycles. The smallest absolute Gasteiger partial charge is 0.304 e. The molecule has 2 rings (SSSR count). The molecule has 1 heterocycles. The van der Waals surface area contributed by atoms with Gasteiger partial charge in [0.25, 0.3) is 0 Å². The van der Waals surface area contributed by atoms with Crippen LogP contribution in [-0.2, 0) is 4.79 Å². The lowest BCUT2D eigenvalue weighted by atomic mass is 9.69. The van der Waals surface area contributed by atoms with Crippen molar-refractivity contribution in [3.63, 3.8) is 0 Å². The molecule has 0 spiro atoms. The van der Waals surface area contributed by atoms with Gasteiger partial charge in [-0.05, 0) is 50.0 Å². The van der Waals surface area contributed by atoms with Gasteiger partial charge in [0.1, 0.15) is 0 Å². The van der Waals surface area contributed by atoms with Gasteiger partial charge in [0.05, 0.1) is 6.42 Å². The van der Waals surface area contributed by atoms with Gasteiger partial charge >= 0.3 is 5.97 Å². The quantitative estimate of drug-likeness (QED) is 0.850. The van der Waals surface area contributed by atoms with E-state index < -0.39 is 5.97 Å². The van der Waals surface area contributed by atoms with E-state index >= 15 is 0 Å². The van der Waals surface area contributed by atoms with E-state index in [0.29, 0.717) is 23.8 Å². The summed E-state index contributed by atoms with van der Waals surface area (Å²) in [5.41, 5.74) is 0.466. The van der Waals surface area contributed by atoms with Crippen molar-refractivity contribution in [3.8, 4) is 0 Å². The molecule has 19 heavy (non-hydrogen) atoms. The summed E-state index contributed by atoms with van der Waals surface area (Å²) in [7, 11) is 0. The molecule has 1 N–H and O–H groups in total. The van der Waals surface area contributed by atoms with Crippen LogP contribution in [0.15, 0.2) is 0 Å². The van der Waals surface area contributed by atoms with E-state index in [1.807, 2.05) is 0 Å². The lowest BCUT2D eigenvalue weighted by molar-refractivity contribution is -0.139. The second-order valence-electron chi connectivity index (χ2n) is 7.44. The third-order valence-corrected chi connectivity index (χ3v) is 5.16. The van der Waals surface area contributed by atoms with Crippen LogP contribution >= 0.6 is 0 Å². The Kier molecular flexibility index (Phi) is 4.54. The lowest BCUT2D eigenvalue weighted by Crippen LogP contribution is -2.52. The van der Waals surface area contributed by atoms with Crippen LogP contribution < -0.4 is 0 Å². The Bertz CT molecular complexity index is 327. The number of carboxylic acids is 1. The van der Waals surface area contributed by atoms with Crippen LogP contribution in [0.2, 0.25) is 0 Å². The summed E-state index contributed by atoms with van der Waals surface area (Å²) >= 11 is 0. The maximum absolute atomic E-state index is 11.1. The Morgan fingerprint density at radius 2 is 2.05 bits per heavy atom. The van der Waals surface area contributed by atoms with Gasteiger partial charge in [-0.15, -0.1) is 0 Å². The van der Waals surface area contributed by atoms with Gasteiger partial charge in [0.2, 0.25) is 0 Å². The number of aliphatic carboxylic acids is 1. The minimum Gasteiger partial charge on any atom is -0.481 e. The molecule has 3 heteroatoms. The molecule has 3 atom stereocenters. The molecule has 1 aliphatic heterocycles. The van der Waals surface area contributed by atoms with Crippen molar-refractivity contribution in [2.24, 2.45) is 11.3 Å². The van der Waals surface area contributed by atoms with Crippen molar-refractivity contribution in [2.45, 2.75) is 77.8 Å². The minimum absolute atomic E-state index is 0.278. The highest BCUT2D eigenvalue weighted by atomic mass is 16.4. The van der Waals surface area contributed by atoms with Crippen molar-refractivity contribution in [2.75, 3.05) is 6.54 Å².